The van der Waals surface area contributed by atoms with Crippen molar-refractivity contribution in [3.63, 3.8) is 0 Å². The van der Waals surface area contributed by atoms with E-state index in [0.29, 0.717) is 27.7 Å². The van der Waals surface area contributed by atoms with Gasteiger partial charge in [-0.3, -0.25) is 14.2 Å². The van der Waals surface area contributed by atoms with E-state index in [4.69, 9.17) is 0 Å². The molecule has 6 nitrogen and oxygen atoms in total. The third kappa shape index (κ3) is 5.30. The quantitative estimate of drug-likeness (QED) is 0.410. The van der Waals surface area contributed by atoms with E-state index in [1.807, 2.05) is 22.6 Å². The molecule has 0 saturated heterocycles. The molecule has 1 amide bonds. The Hall–Kier alpha value is -2.67. The van der Waals surface area contributed by atoms with Gasteiger partial charge >= 0.3 is 6.18 Å². The highest BCUT2D eigenvalue weighted by Gasteiger charge is 2.36. The number of nitrogens with zero attached hydrogens (tertiary/aromatic N) is 1. The summed E-state index contributed by atoms with van der Waals surface area (Å²) in [5.41, 5.74) is -0.830. The number of pyridine rings is 1. The Kier molecular flexibility index (Phi) is 6.84. The number of hydrogen-bond donors (Lipinski definition) is 1. The molecule has 1 N–H and O–H groups in total. The maximum absolute atomic E-state index is 13.2. The number of hydrogen-bond acceptors (Lipinski definition) is 4. The van der Waals surface area contributed by atoms with E-state index in [0.717, 1.165) is 16.7 Å². The molecule has 0 unspecified atom stereocenters. The fourth-order valence-electron chi connectivity index (χ4n) is 3.61. The molecule has 1 aromatic heterocycles. The molecule has 2 aromatic carbocycles. The number of benzene rings is 2. The maximum atomic E-state index is 13.2. The summed E-state index contributed by atoms with van der Waals surface area (Å²) < 4.78 is 65.8. The second kappa shape index (κ2) is 9.41. The van der Waals surface area contributed by atoms with Crippen LogP contribution in [0.3, 0.4) is 0 Å². The molecule has 1 saturated carbocycles. The Labute approximate surface area is 213 Å². The molecule has 1 aliphatic carbocycles. The van der Waals surface area contributed by atoms with Crippen LogP contribution in [0.5, 0.6) is 0 Å². The van der Waals surface area contributed by atoms with Crippen LogP contribution in [-0.2, 0) is 22.6 Å². The summed E-state index contributed by atoms with van der Waals surface area (Å²) in [6.45, 7) is 1.62. The van der Waals surface area contributed by atoms with Gasteiger partial charge in [-0.1, -0.05) is 18.2 Å². The van der Waals surface area contributed by atoms with Gasteiger partial charge in [0.1, 0.15) is 5.56 Å². The highest BCUT2D eigenvalue weighted by Crippen LogP contribution is 2.33. The van der Waals surface area contributed by atoms with E-state index < -0.39 is 33.0 Å². The van der Waals surface area contributed by atoms with Crippen molar-refractivity contribution in [3.8, 4) is 5.69 Å². The van der Waals surface area contributed by atoms with Crippen molar-refractivity contribution in [2.45, 2.75) is 42.6 Å². The van der Waals surface area contributed by atoms with Gasteiger partial charge in [0.05, 0.1) is 15.7 Å². The van der Waals surface area contributed by atoms with E-state index in [-0.39, 0.29) is 27.9 Å². The van der Waals surface area contributed by atoms with Crippen LogP contribution >= 0.6 is 22.6 Å². The van der Waals surface area contributed by atoms with Crippen molar-refractivity contribution < 1.29 is 26.4 Å². The average molecular weight is 616 g/mol. The molecule has 0 atom stereocenters. The van der Waals surface area contributed by atoms with Gasteiger partial charge in [0.25, 0.3) is 11.5 Å². The number of carbonyl (C=O) groups excluding carboxylic acids is 1. The van der Waals surface area contributed by atoms with Crippen LogP contribution in [0.25, 0.3) is 5.69 Å². The zero-order valence-electron chi connectivity index (χ0n) is 18.4. The zero-order valence-corrected chi connectivity index (χ0v) is 21.4. The van der Waals surface area contributed by atoms with Crippen molar-refractivity contribution in [2.24, 2.45) is 0 Å². The Morgan fingerprint density at radius 2 is 1.77 bits per heavy atom. The first-order valence-electron chi connectivity index (χ1n) is 10.6. The fraction of sp³-hybridized carbons (Fsp3) is 0.250. The molecule has 0 bridgehead atoms. The molecule has 3 aromatic rings. The van der Waals surface area contributed by atoms with Gasteiger partial charge in [0.2, 0.25) is 0 Å². The summed E-state index contributed by atoms with van der Waals surface area (Å²) in [6, 6.07) is 11.9. The van der Waals surface area contributed by atoms with E-state index in [1.165, 1.54) is 30.3 Å². The molecule has 184 valence electrons. The van der Waals surface area contributed by atoms with Gasteiger partial charge in [0.15, 0.2) is 9.84 Å². The Morgan fingerprint density at radius 1 is 1.11 bits per heavy atom. The third-order valence-electron chi connectivity index (χ3n) is 5.73. The molecule has 0 radical (unpaired) electrons. The largest absolute Gasteiger partial charge is 0.416 e. The van der Waals surface area contributed by atoms with Crippen LogP contribution < -0.4 is 10.9 Å². The molecule has 11 heteroatoms. The average Bonchev–Trinajstić information content (AvgIpc) is 3.66. The molecule has 1 fully saturated rings. The monoisotopic (exact) mass is 616 g/mol. The summed E-state index contributed by atoms with van der Waals surface area (Å²) in [4.78, 5) is 26.2. The second-order valence-electron chi connectivity index (χ2n) is 8.25. The lowest BCUT2D eigenvalue weighted by atomic mass is 10.1. The molecule has 35 heavy (non-hydrogen) atoms. The lowest BCUT2D eigenvalue weighted by Gasteiger charge is -2.16. The molecule has 0 aliphatic heterocycles. The topological polar surface area (TPSA) is 85.2 Å². The van der Waals surface area contributed by atoms with Crippen LogP contribution in [0.15, 0.2) is 64.3 Å². The van der Waals surface area contributed by atoms with Gasteiger partial charge < -0.3 is 5.32 Å². The summed E-state index contributed by atoms with van der Waals surface area (Å²) in [5.74, 6) is -0.691. The standard InChI is InChI=1S/C24H20F3IN2O4S/c1-14-21(28)12-20(23(32)30(14)17-4-2-3-16(11-17)24(25,26)27)22(31)29-13-15-5-7-18(8-6-15)35(33,34)19-9-10-19/h2-8,11-12,19H,9-10,13H2,1H3,(H,29,31). The lowest BCUT2D eigenvalue weighted by Crippen LogP contribution is -2.33. The van der Waals surface area contributed by atoms with Crippen LogP contribution in [-0.4, -0.2) is 24.1 Å². The van der Waals surface area contributed by atoms with Crippen LogP contribution in [0.1, 0.15) is 40.0 Å². The van der Waals surface area contributed by atoms with Crippen LogP contribution in [0.4, 0.5) is 13.2 Å². The summed E-state index contributed by atoms with van der Waals surface area (Å²) >= 11 is 1.92. The van der Waals surface area contributed by atoms with Crippen LogP contribution in [0, 0.1) is 10.5 Å². The summed E-state index contributed by atoms with van der Waals surface area (Å²) in [6.07, 6.45) is -3.26. The number of sulfone groups is 1. The SMILES string of the molecule is Cc1c(I)cc(C(=O)NCc2ccc(S(=O)(=O)C3CC3)cc2)c(=O)n1-c1cccc(C(F)(F)F)c1. The van der Waals surface area contributed by atoms with E-state index >= 15 is 0 Å². The fourth-order valence-corrected chi connectivity index (χ4v) is 5.82. The number of alkyl halides is 3. The van der Waals surface area contributed by atoms with Crippen molar-refractivity contribution in [1.82, 2.24) is 9.88 Å². The Morgan fingerprint density at radius 3 is 2.37 bits per heavy atom. The minimum atomic E-state index is -4.58. The van der Waals surface area contributed by atoms with Gasteiger partial charge in [0, 0.05) is 21.5 Å². The number of aromatic nitrogens is 1. The first-order chi connectivity index (χ1) is 16.4. The predicted molar refractivity (Wildman–Crippen MR) is 132 cm³/mol. The Balaban J connectivity index is 1.58. The third-order valence-corrected chi connectivity index (χ3v) is 9.10. The number of nitrogens with one attached hydrogen (secondary N) is 1. The Bertz CT molecular complexity index is 1460. The van der Waals surface area contributed by atoms with Gasteiger partial charge in [-0.2, -0.15) is 13.2 Å². The van der Waals surface area contributed by atoms with Crippen molar-refractivity contribution in [3.05, 3.63) is 90.9 Å². The number of carbonyl (C=O) groups is 1. The first kappa shape index (κ1) is 25.4. The maximum Gasteiger partial charge on any atom is 0.416 e. The number of amides is 1. The van der Waals surface area contributed by atoms with E-state index in [1.54, 1.807) is 19.1 Å². The minimum absolute atomic E-state index is 0.00218. The number of halogens is 4. The summed E-state index contributed by atoms with van der Waals surface area (Å²) in [5, 5.41) is 2.30. The predicted octanol–water partition coefficient (Wildman–Crippen LogP) is 4.64. The van der Waals surface area contributed by atoms with E-state index in [9.17, 15) is 31.2 Å². The zero-order chi connectivity index (χ0) is 25.5. The second-order valence-corrected chi connectivity index (χ2v) is 11.6. The van der Waals surface area contributed by atoms with Gasteiger partial charge in [-0.25, -0.2) is 8.42 Å². The minimum Gasteiger partial charge on any atom is -0.348 e. The molecule has 4 rings (SSSR count). The van der Waals surface area contributed by atoms with Crippen molar-refractivity contribution in [1.29, 1.82) is 0 Å². The van der Waals surface area contributed by atoms with Crippen molar-refractivity contribution >= 4 is 38.3 Å². The number of rotatable bonds is 6. The molecule has 0 spiro atoms. The first-order valence-corrected chi connectivity index (χ1v) is 13.2. The molecular weight excluding hydrogens is 596 g/mol. The normalized spacial score (nSPS) is 14.1. The summed E-state index contributed by atoms with van der Waals surface area (Å²) in [7, 11) is -3.32. The lowest BCUT2D eigenvalue weighted by molar-refractivity contribution is -0.137. The highest BCUT2D eigenvalue weighted by molar-refractivity contribution is 14.1. The van der Waals surface area contributed by atoms with Crippen molar-refractivity contribution in [2.75, 3.05) is 0 Å². The highest BCUT2D eigenvalue weighted by atomic mass is 127. The molecule has 1 heterocycles. The smallest absolute Gasteiger partial charge is 0.348 e. The van der Waals surface area contributed by atoms with Gasteiger partial charge in [-0.05, 0) is 84.3 Å². The van der Waals surface area contributed by atoms with Crippen LogP contribution in [0.2, 0.25) is 0 Å². The van der Waals surface area contributed by atoms with E-state index in [2.05, 4.69) is 5.32 Å². The molecule has 1 aliphatic rings. The molecular formula is C24H20F3IN2O4S. The van der Waals surface area contributed by atoms with Gasteiger partial charge in [-0.15, -0.1) is 0 Å².